The molecular weight excluding hydrogens is 460 g/mol. The predicted octanol–water partition coefficient (Wildman–Crippen LogP) is 3.26. The number of anilines is 2. The van der Waals surface area contributed by atoms with Gasteiger partial charge in [-0.15, -0.1) is 0 Å². The van der Waals surface area contributed by atoms with Crippen LogP contribution in [0.5, 0.6) is 0 Å². The van der Waals surface area contributed by atoms with Crippen molar-refractivity contribution >= 4 is 29.3 Å². The summed E-state index contributed by atoms with van der Waals surface area (Å²) in [4.78, 5) is 41.9. The Morgan fingerprint density at radius 3 is 2.31 bits per heavy atom. The molecule has 0 saturated carbocycles. The molecule has 0 spiro atoms. The molecule has 2 N–H and O–H groups in total. The number of ether oxygens (including phenoxy) is 2. The molecule has 36 heavy (non-hydrogen) atoms. The van der Waals surface area contributed by atoms with Gasteiger partial charge in [-0.05, 0) is 42.7 Å². The minimum absolute atomic E-state index is 0.107. The zero-order valence-electron chi connectivity index (χ0n) is 21.2. The number of nitrogens with one attached hydrogen (secondary N) is 2. The number of nitrogens with zero attached hydrogens (tertiary/aromatic N) is 2. The molecular formula is C27H36N4O5. The van der Waals surface area contributed by atoms with Crippen LogP contribution in [0.3, 0.4) is 0 Å². The van der Waals surface area contributed by atoms with Crippen LogP contribution in [0.2, 0.25) is 0 Å². The highest BCUT2D eigenvalue weighted by atomic mass is 16.5. The topological polar surface area (TPSA) is 100 Å². The number of benzene rings is 2. The normalized spacial score (nSPS) is 14.2. The Bertz CT molecular complexity index is 991. The van der Waals surface area contributed by atoms with E-state index in [1.165, 1.54) is 4.90 Å². The molecule has 0 bridgehead atoms. The molecule has 2 aromatic carbocycles. The van der Waals surface area contributed by atoms with Gasteiger partial charge < -0.3 is 29.9 Å². The van der Waals surface area contributed by atoms with Gasteiger partial charge in [0.05, 0.1) is 19.8 Å². The molecule has 9 nitrogen and oxygen atoms in total. The van der Waals surface area contributed by atoms with Crippen molar-refractivity contribution in [1.82, 2.24) is 10.2 Å². The molecule has 1 saturated heterocycles. The van der Waals surface area contributed by atoms with Crippen LogP contribution in [0.4, 0.5) is 16.2 Å². The van der Waals surface area contributed by atoms with Gasteiger partial charge in [0.2, 0.25) is 11.8 Å². The molecule has 1 heterocycles. The second kappa shape index (κ2) is 13.5. The number of rotatable bonds is 10. The first-order valence-electron chi connectivity index (χ1n) is 12.4. The summed E-state index contributed by atoms with van der Waals surface area (Å²) in [7, 11) is 0. The molecule has 3 rings (SSSR count). The van der Waals surface area contributed by atoms with E-state index >= 15 is 0 Å². The fraction of sp³-hybridized carbons (Fsp3) is 0.444. The summed E-state index contributed by atoms with van der Waals surface area (Å²) < 4.78 is 10.7. The summed E-state index contributed by atoms with van der Waals surface area (Å²) in [5.41, 5.74) is 2.58. The van der Waals surface area contributed by atoms with Gasteiger partial charge in [0, 0.05) is 31.0 Å². The summed E-state index contributed by atoms with van der Waals surface area (Å²) in [6.07, 6.45) is -0.674. The first kappa shape index (κ1) is 27.0. The monoisotopic (exact) mass is 496 g/mol. The van der Waals surface area contributed by atoms with E-state index in [1.54, 1.807) is 6.92 Å². The average molecular weight is 497 g/mol. The number of hydrogen-bond donors (Lipinski definition) is 2. The highest BCUT2D eigenvalue weighted by Gasteiger charge is 2.29. The smallest absolute Gasteiger partial charge is 0.408 e. The number of amides is 3. The molecule has 0 radical (unpaired) electrons. The number of alkyl carbamates (subject to hydrolysis) is 1. The van der Waals surface area contributed by atoms with Gasteiger partial charge in [0.1, 0.15) is 12.6 Å². The molecule has 0 unspecified atom stereocenters. The van der Waals surface area contributed by atoms with E-state index in [0.717, 1.165) is 24.3 Å². The van der Waals surface area contributed by atoms with Crippen LogP contribution < -0.4 is 15.5 Å². The van der Waals surface area contributed by atoms with Crippen LogP contribution in [-0.2, 0) is 25.7 Å². The van der Waals surface area contributed by atoms with Gasteiger partial charge in [-0.3, -0.25) is 9.59 Å². The standard InChI is InChI=1S/C27H36N4O5/c1-4-30(18-24(32)28-22-10-12-23(13-11-22)31-14-16-35-17-15-31)26(33)25(20(2)3)29-27(34)36-19-21-8-6-5-7-9-21/h5-13,20,25H,4,14-19H2,1-3H3,(H,28,32)(H,29,34)/t25-/m0/s1. The molecule has 1 aliphatic heterocycles. The second-order valence-corrected chi connectivity index (χ2v) is 8.97. The third-order valence-electron chi connectivity index (χ3n) is 5.97. The van der Waals surface area contributed by atoms with Crippen molar-refractivity contribution in [1.29, 1.82) is 0 Å². The summed E-state index contributed by atoms with van der Waals surface area (Å²) >= 11 is 0. The van der Waals surface area contributed by atoms with Crippen LogP contribution >= 0.6 is 0 Å². The molecule has 1 aliphatic rings. The fourth-order valence-corrected chi connectivity index (χ4v) is 3.90. The number of carbonyl (C=O) groups excluding carboxylic acids is 3. The summed E-state index contributed by atoms with van der Waals surface area (Å²) in [5, 5.41) is 5.52. The van der Waals surface area contributed by atoms with Crippen LogP contribution in [0, 0.1) is 5.92 Å². The van der Waals surface area contributed by atoms with E-state index in [2.05, 4.69) is 15.5 Å². The van der Waals surface area contributed by atoms with Crippen molar-refractivity contribution in [2.24, 2.45) is 5.92 Å². The van der Waals surface area contributed by atoms with Gasteiger partial charge in [0.15, 0.2) is 0 Å². The predicted molar refractivity (Wildman–Crippen MR) is 139 cm³/mol. The van der Waals surface area contributed by atoms with Crippen molar-refractivity contribution in [2.75, 3.05) is 49.6 Å². The van der Waals surface area contributed by atoms with Gasteiger partial charge in [-0.1, -0.05) is 44.2 Å². The Hall–Kier alpha value is -3.59. The van der Waals surface area contributed by atoms with E-state index in [9.17, 15) is 14.4 Å². The maximum Gasteiger partial charge on any atom is 0.408 e. The molecule has 2 aromatic rings. The fourth-order valence-electron chi connectivity index (χ4n) is 3.90. The van der Waals surface area contributed by atoms with Crippen LogP contribution in [-0.4, -0.2) is 68.2 Å². The Morgan fingerprint density at radius 2 is 1.69 bits per heavy atom. The zero-order valence-corrected chi connectivity index (χ0v) is 21.2. The lowest BCUT2D eigenvalue weighted by atomic mass is 10.0. The minimum atomic E-state index is -0.811. The number of hydrogen-bond acceptors (Lipinski definition) is 6. The molecule has 3 amide bonds. The Labute approximate surface area is 212 Å². The first-order chi connectivity index (χ1) is 17.4. The molecule has 0 aromatic heterocycles. The van der Waals surface area contributed by atoms with Crippen LogP contribution in [0.25, 0.3) is 0 Å². The van der Waals surface area contributed by atoms with Gasteiger partial charge in [-0.2, -0.15) is 0 Å². The average Bonchev–Trinajstić information content (AvgIpc) is 2.90. The maximum atomic E-state index is 13.2. The largest absolute Gasteiger partial charge is 0.445 e. The number of likely N-dealkylation sites (N-methyl/N-ethyl adjacent to an activating group) is 1. The lowest BCUT2D eigenvalue weighted by Gasteiger charge is -2.29. The molecule has 0 aliphatic carbocycles. The Balaban J connectivity index is 1.53. The van der Waals surface area contributed by atoms with Crippen molar-refractivity contribution in [3.05, 3.63) is 60.2 Å². The van der Waals surface area contributed by atoms with E-state index in [0.29, 0.717) is 25.4 Å². The third-order valence-corrected chi connectivity index (χ3v) is 5.97. The maximum absolute atomic E-state index is 13.2. The lowest BCUT2D eigenvalue weighted by Crippen LogP contribution is -2.52. The molecule has 194 valence electrons. The van der Waals surface area contributed by atoms with E-state index in [1.807, 2.05) is 68.4 Å². The van der Waals surface area contributed by atoms with Gasteiger partial charge >= 0.3 is 6.09 Å². The second-order valence-electron chi connectivity index (χ2n) is 8.97. The van der Waals surface area contributed by atoms with Crippen LogP contribution in [0.15, 0.2) is 54.6 Å². The quantitative estimate of drug-likeness (QED) is 0.524. The summed E-state index contributed by atoms with van der Waals surface area (Å²) in [5.74, 6) is -0.827. The number of morpholine rings is 1. The Kier molecular flexibility index (Phi) is 10.1. The molecule has 1 atom stereocenters. The third kappa shape index (κ3) is 7.98. The van der Waals surface area contributed by atoms with Crippen LogP contribution in [0.1, 0.15) is 26.3 Å². The van der Waals surface area contributed by atoms with Crippen molar-refractivity contribution < 1.29 is 23.9 Å². The molecule has 9 heteroatoms. The van der Waals surface area contributed by atoms with E-state index in [-0.39, 0.29) is 30.9 Å². The SMILES string of the molecule is CCN(CC(=O)Nc1ccc(N2CCOCC2)cc1)C(=O)[C@@H](NC(=O)OCc1ccccc1)C(C)C. The van der Waals surface area contributed by atoms with Gasteiger partial charge in [0.25, 0.3) is 0 Å². The lowest BCUT2D eigenvalue weighted by molar-refractivity contribution is -0.137. The summed E-state index contributed by atoms with van der Waals surface area (Å²) in [6, 6.07) is 16.1. The molecule has 1 fully saturated rings. The van der Waals surface area contributed by atoms with Crippen molar-refractivity contribution in [2.45, 2.75) is 33.4 Å². The van der Waals surface area contributed by atoms with Crippen molar-refractivity contribution in [3.8, 4) is 0 Å². The minimum Gasteiger partial charge on any atom is -0.445 e. The van der Waals surface area contributed by atoms with E-state index < -0.39 is 12.1 Å². The van der Waals surface area contributed by atoms with E-state index in [4.69, 9.17) is 9.47 Å². The summed E-state index contributed by atoms with van der Waals surface area (Å²) in [6.45, 7) is 8.87. The van der Waals surface area contributed by atoms with Gasteiger partial charge in [-0.25, -0.2) is 4.79 Å². The van der Waals surface area contributed by atoms with Crippen molar-refractivity contribution in [3.63, 3.8) is 0 Å². The Morgan fingerprint density at radius 1 is 1.03 bits per heavy atom. The highest BCUT2D eigenvalue weighted by molar-refractivity contribution is 5.96. The first-order valence-corrected chi connectivity index (χ1v) is 12.4. The zero-order chi connectivity index (χ0) is 25.9. The highest BCUT2D eigenvalue weighted by Crippen LogP contribution is 2.19. The number of carbonyl (C=O) groups is 3.